The molecule has 0 aliphatic rings. The van der Waals surface area contributed by atoms with Gasteiger partial charge in [0.2, 0.25) is 5.28 Å². The van der Waals surface area contributed by atoms with E-state index in [0.29, 0.717) is 5.33 Å². The maximum atomic E-state index is 5.67. The minimum Gasteiger partial charge on any atom is -0.315 e. The summed E-state index contributed by atoms with van der Waals surface area (Å²) in [5.74, 6) is 0.909. The van der Waals surface area contributed by atoms with Crippen LogP contribution in [0.5, 0.6) is 0 Å². The third-order valence-electron chi connectivity index (χ3n) is 1.79. The Kier molecular flexibility index (Phi) is 2.21. The van der Waals surface area contributed by atoms with Gasteiger partial charge in [-0.05, 0) is 11.6 Å². The van der Waals surface area contributed by atoms with Crippen LogP contribution in [0.15, 0.2) is 6.20 Å². The van der Waals surface area contributed by atoms with Gasteiger partial charge >= 0.3 is 0 Å². The second-order valence-electron chi connectivity index (χ2n) is 2.57. The molecule has 0 bridgehead atoms. The lowest BCUT2D eigenvalue weighted by molar-refractivity contribution is 0.867. The van der Waals surface area contributed by atoms with Crippen molar-refractivity contribution in [3.63, 3.8) is 0 Å². The van der Waals surface area contributed by atoms with E-state index < -0.39 is 0 Å². The Labute approximate surface area is 88.1 Å². The number of aryl methyl sites for hydroxylation is 1. The van der Waals surface area contributed by atoms with Crippen molar-refractivity contribution in [2.45, 2.75) is 5.33 Å². The van der Waals surface area contributed by atoms with Crippen molar-refractivity contribution >= 4 is 38.7 Å². The predicted octanol–water partition coefficient (Wildman–Crippen LogP) is 1.91. The van der Waals surface area contributed by atoms with Crippen molar-refractivity contribution in [3.8, 4) is 0 Å². The molecule has 0 amide bonds. The van der Waals surface area contributed by atoms with Crippen LogP contribution in [0.4, 0.5) is 0 Å². The number of aromatic nitrogens is 4. The molecule has 0 aliphatic carbocycles. The van der Waals surface area contributed by atoms with Crippen molar-refractivity contribution in [1.29, 1.82) is 0 Å². The molecule has 0 N–H and O–H groups in total. The first kappa shape index (κ1) is 8.90. The first-order valence-corrected chi connectivity index (χ1v) is 5.12. The standard InChI is InChI=1S/C7H6BrClN4/c1-13-5(2-8)11-4-3-10-7(9)12-6(4)13/h3H,2H2,1H3. The normalized spacial score (nSPS) is 11.0. The fourth-order valence-electron chi connectivity index (χ4n) is 1.13. The van der Waals surface area contributed by atoms with Crippen LogP contribution in [0, 0.1) is 0 Å². The first-order chi connectivity index (χ1) is 6.22. The van der Waals surface area contributed by atoms with Crippen LogP contribution in [0.25, 0.3) is 11.2 Å². The molecule has 0 aromatic carbocycles. The largest absolute Gasteiger partial charge is 0.315 e. The Morgan fingerprint density at radius 3 is 3.00 bits per heavy atom. The summed E-state index contributed by atoms with van der Waals surface area (Å²) < 4.78 is 1.89. The Morgan fingerprint density at radius 2 is 2.31 bits per heavy atom. The molecule has 2 rings (SSSR count). The maximum Gasteiger partial charge on any atom is 0.224 e. The summed E-state index contributed by atoms with van der Waals surface area (Å²) >= 11 is 9.01. The first-order valence-electron chi connectivity index (χ1n) is 3.62. The highest BCUT2D eigenvalue weighted by Crippen LogP contribution is 2.14. The van der Waals surface area contributed by atoms with Gasteiger partial charge in [0.15, 0.2) is 5.65 Å². The van der Waals surface area contributed by atoms with E-state index in [1.54, 1.807) is 6.20 Å². The molecule has 0 radical (unpaired) electrons. The Bertz CT molecular complexity index is 453. The van der Waals surface area contributed by atoms with Crippen molar-refractivity contribution in [2.24, 2.45) is 7.05 Å². The van der Waals surface area contributed by atoms with Gasteiger partial charge in [-0.15, -0.1) is 0 Å². The summed E-state index contributed by atoms with van der Waals surface area (Å²) in [4.78, 5) is 12.2. The van der Waals surface area contributed by atoms with Gasteiger partial charge in [-0.25, -0.2) is 9.97 Å². The van der Waals surface area contributed by atoms with Crippen LogP contribution in [-0.4, -0.2) is 19.5 Å². The Balaban J connectivity index is 2.77. The lowest BCUT2D eigenvalue weighted by Gasteiger charge is -1.95. The number of alkyl halides is 1. The topological polar surface area (TPSA) is 43.6 Å². The van der Waals surface area contributed by atoms with E-state index in [0.717, 1.165) is 17.0 Å². The fraction of sp³-hybridized carbons (Fsp3) is 0.286. The molecule has 2 aromatic rings. The summed E-state index contributed by atoms with van der Waals surface area (Å²) in [5, 5.41) is 0.939. The zero-order valence-electron chi connectivity index (χ0n) is 6.83. The minimum atomic E-state index is 0.247. The van der Waals surface area contributed by atoms with Crippen molar-refractivity contribution in [2.75, 3.05) is 0 Å². The smallest absolute Gasteiger partial charge is 0.224 e. The number of hydrogen-bond donors (Lipinski definition) is 0. The van der Waals surface area contributed by atoms with Crippen LogP contribution in [-0.2, 0) is 12.4 Å². The molecule has 0 saturated heterocycles. The molecular formula is C7H6BrClN4. The van der Waals surface area contributed by atoms with Crippen LogP contribution < -0.4 is 0 Å². The summed E-state index contributed by atoms with van der Waals surface area (Å²) in [6.45, 7) is 0. The number of halogens is 2. The molecule has 6 heteroatoms. The zero-order valence-corrected chi connectivity index (χ0v) is 9.17. The maximum absolute atomic E-state index is 5.67. The van der Waals surface area contributed by atoms with E-state index in [-0.39, 0.29) is 5.28 Å². The van der Waals surface area contributed by atoms with Gasteiger partial charge in [0.25, 0.3) is 0 Å². The van der Waals surface area contributed by atoms with Gasteiger partial charge < -0.3 is 4.57 Å². The van der Waals surface area contributed by atoms with Gasteiger partial charge in [0.1, 0.15) is 11.3 Å². The number of rotatable bonds is 1. The molecule has 4 nitrogen and oxygen atoms in total. The number of hydrogen-bond acceptors (Lipinski definition) is 3. The fourth-order valence-corrected chi connectivity index (χ4v) is 1.76. The summed E-state index contributed by atoms with van der Waals surface area (Å²) in [6.07, 6.45) is 1.62. The summed E-state index contributed by atoms with van der Waals surface area (Å²) in [5.41, 5.74) is 1.52. The highest BCUT2D eigenvalue weighted by molar-refractivity contribution is 9.08. The SMILES string of the molecule is Cn1c(CBr)nc2cnc(Cl)nc21. The van der Waals surface area contributed by atoms with E-state index >= 15 is 0 Å². The molecule has 0 unspecified atom stereocenters. The van der Waals surface area contributed by atoms with E-state index in [9.17, 15) is 0 Å². The Morgan fingerprint density at radius 1 is 1.54 bits per heavy atom. The third-order valence-corrected chi connectivity index (χ3v) is 2.48. The van der Waals surface area contributed by atoms with Gasteiger partial charge in [-0.3, -0.25) is 0 Å². The van der Waals surface area contributed by atoms with Crippen LogP contribution in [0.3, 0.4) is 0 Å². The molecular weight excluding hydrogens is 255 g/mol. The second kappa shape index (κ2) is 3.23. The number of imidazole rings is 1. The van der Waals surface area contributed by atoms with Gasteiger partial charge in [-0.2, -0.15) is 4.98 Å². The molecule has 0 fully saturated rings. The lowest BCUT2D eigenvalue weighted by Crippen LogP contribution is -1.95. The van der Waals surface area contributed by atoms with E-state index in [1.807, 2.05) is 11.6 Å². The monoisotopic (exact) mass is 260 g/mol. The number of nitrogens with zero attached hydrogens (tertiary/aromatic N) is 4. The van der Waals surface area contributed by atoms with Crippen molar-refractivity contribution in [3.05, 3.63) is 17.3 Å². The summed E-state index contributed by atoms with van der Waals surface area (Å²) in [7, 11) is 1.90. The van der Waals surface area contributed by atoms with E-state index in [4.69, 9.17) is 11.6 Å². The van der Waals surface area contributed by atoms with Crippen LogP contribution >= 0.6 is 27.5 Å². The average Bonchev–Trinajstić information content (AvgIpc) is 2.44. The molecule has 13 heavy (non-hydrogen) atoms. The number of fused-ring (bicyclic) bond motifs is 1. The van der Waals surface area contributed by atoms with Gasteiger partial charge in [0, 0.05) is 7.05 Å². The molecule has 0 atom stereocenters. The van der Waals surface area contributed by atoms with Crippen molar-refractivity contribution in [1.82, 2.24) is 19.5 Å². The minimum absolute atomic E-state index is 0.247. The van der Waals surface area contributed by atoms with Gasteiger partial charge in [-0.1, -0.05) is 15.9 Å². The average molecular weight is 262 g/mol. The predicted molar refractivity (Wildman–Crippen MR) is 53.9 cm³/mol. The molecule has 0 aliphatic heterocycles. The molecule has 2 aromatic heterocycles. The Hall–Kier alpha value is -0.680. The molecule has 0 spiro atoms. The lowest BCUT2D eigenvalue weighted by atomic mass is 10.6. The molecule has 68 valence electrons. The molecule has 0 saturated carbocycles. The molecule has 2 heterocycles. The van der Waals surface area contributed by atoms with Crippen LogP contribution in [0.2, 0.25) is 5.28 Å². The van der Waals surface area contributed by atoms with Gasteiger partial charge in [0.05, 0.1) is 11.5 Å². The van der Waals surface area contributed by atoms with Crippen molar-refractivity contribution < 1.29 is 0 Å². The van der Waals surface area contributed by atoms with Crippen LogP contribution in [0.1, 0.15) is 5.82 Å². The zero-order chi connectivity index (χ0) is 9.42. The third kappa shape index (κ3) is 1.42. The van der Waals surface area contributed by atoms with E-state index in [1.165, 1.54) is 0 Å². The highest BCUT2D eigenvalue weighted by Gasteiger charge is 2.08. The summed E-state index contributed by atoms with van der Waals surface area (Å²) in [6, 6.07) is 0. The van der Waals surface area contributed by atoms with E-state index in [2.05, 4.69) is 30.9 Å². The quantitative estimate of drug-likeness (QED) is 0.582. The highest BCUT2D eigenvalue weighted by atomic mass is 79.9. The second-order valence-corrected chi connectivity index (χ2v) is 3.47.